The number of esters is 4. The Morgan fingerprint density at radius 2 is 1.00 bits per heavy atom. The molecule has 0 amide bonds. The third-order valence-corrected chi connectivity index (χ3v) is 3.10. The van der Waals surface area contributed by atoms with Gasteiger partial charge in [0.2, 0.25) is 0 Å². The first-order valence-corrected chi connectivity index (χ1v) is 7.76. The lowest BCUT2D eigenvalue weighted by atomic mass is 10.1. The van der Waals surface area contributed by atoms with E-state index >= 15 is 0 Å². The molecule has 0 aromatic heterocycles. The average Bonchev–Trinajstić information content (AvgIpc) is 2.54. The molecule has 2 atom stereocenters. The Labute approximate surface area is 140 Å². The minimum atomic E-state index is -1.61. The number of rotatable bonds is 10. The van der Waals surface area contributed by atoms with Crippen molar-refractivity contribution in [2.75, 3.05) is 13.1 Å². The first-order chi connectivity index (χ1) is 11.3. The van der Waals surface area contributed by atoms with Crippen molar-refractivity contribution in [3.8, 4) is 0 Å². The summed E-state index contributed by atoms with van der Waals surface area (Å²) in [5, 5.41) is 0. The van der Waals surface area contributed by atoms with E-state index in [9.17, 15) is 19.2 Å². The second-order valence-electron chi connectivity index (χ2n) is 5.20. The van der Waals surface area contributed by atoms with Gasteiger partial charge in [-0.3, -0.25) is 0 Å². The molecule has 0 saturated heterocycles. The lowest BCUT2D eigenvalue weighted by molar-refractivity contribution is -0.178. The van der Waals surface area contributed by atoms with E-state index < -0.39 is 36.0 Å². The minimum Gasteiger partial charge on any atom is -0.383 e. The van der Waals surface area contributed by atoms with Gasteiger partial charge < -0.3 is 32.4 Å². The maximum Gasteiger partial charge on any atom is 0.425 e. The fourth-order valence-corrected chi connectivity index (χ4v) is 1.67. The molecule has 0 saturated carbocycles. The summed E-state index contributed by atoms with van der Waals surface area (Å²) in [5.74, 6) is -5.38. The van der Waals surface area contributed by atoms with Gasteiger partial charge in [-0.2, -0.15) is 0 Å². The van der Waals surface area contributed by atoms with Crippen molar-refractivity contribution < 1.29 is 28.7 Å². The fourth-order valence-electron chi connectivity index (χ4n) is 1.67. The van der Waals surface area contributed by atoms with E-state index in [2.05, 4.69) is 9.47 Å². The molecular formula is C14H26N4O6. The molecule has 0 spiro atoms. The van der Waals surface area contributed by atoms with Crippen LogP contribution in [0.15, 0.2) is 0 Å². The summed E-state index contributed by atoms with van der Waals surface area (Å²) in [6.45, 7) is 0.890. The molecule has 10 nitrogen and oxygen atoms in total. The van der Waals surface area contributed by atoms with Gasteiger partial charge in [-0.25, -0.2) is 19.2 Å². The lowest BCUT2D eigenvalue weighted by Gasteiger charge is -2.11. The molecule has 0 aliphatic rings. The van der Waals surface area contributed by atoms with Gasteiger partial charge in [0.25, 0.3) is 0 Å². The summed E-state index contributed by atoms with van der Waals surface area (Å²) >= 11 is 0. The molecular weight excluding hydrogens is 320 g/mol. The van der Waals surface area contributed by atoms with Gasteiger partial charge in [-0.1, -0.05) is 12.8 Å². The van der Waals surface area contributed by atoms with Gasteiger partial charge in [0.05, 0.1) is 0 Å². The van der Waals surface area contributed by atoms with Gasteiger partial charge in [-0.05, 0) is 38.8 Å². The molecule has 10 heteroatoms. The summed E-state index contributed by atoms with van der Waals surface area (Å²) in [6, 6.07) is -2.13. The van der Waals surface area contributed by atoms with Crippen molar-refractivity contribution in [1.82, 2.24) is 0 Å². The molecule has 0 aromatic rings. The van der Waals surface area contributed by atoms with Gasteiger partial charge in [-0.15, -0.1) is 0 Å². The maximum atomic E-state index is 11.5. The summed E-state index contributed by atoms with van der Waals surface area (Å²) < 4.78 is 8.53. The molecule has 0 aromatic carbocycles. The van der Waals surface area contributed by atoms with Crippen LogP contribution in [0.3, 0.4) is 0 Å². The maximum absolute atomic E-state index is 11.5. The highest BCUT2D eigenvalue weighted by Gasteiger charge is 2.28. The first-order valence-electron chi connectivity index (χ1n) is 7.76. The highest BCUT2D eigenvalue weighted by Crippen LogP contribution is 2.03. The van der Waals surface area contributed by atoms with Crippen LogP contribution in [0.5, 0.6) is 0 Å². The Bertz CT molecular complexity index is 403. The minimum absolute atomic E-state index is 0.253. The summed E-state index contributed by atoms with van der Waals surface area (Å²) in [7, 11) is 0. The Kier molecular flexibility index (Phi) is 11.5. The number of hydrogen-bond acceptors (Lipinski definition) is 10. The van der Waals surface area contributed by atoms with Crippen molar-refractivity contribution in [2.45, 2.75) is 50.6 Å². The van der Waals surface area contributed by atoms with Crippen molar-refractivity contribution in [3.05, 3.63) is 0 Å². The van der Waals surface area contributed by atoms with Gasteiger partial charge in [0.1, 0.15) is 12.1 Å². The topological polar surface area (TPSA) is 191 Å². The third kappa shape index (κ3) is 9.30. The molecule has 138 valence electrons. The van der Waals surface area contributed by atoms with Gasteiger partial charge in [0, 0.05) is 0 Å². The van der Waals surface area contributed by atoms with Crippen molar-refractivity contribution in [2.24, 2.45) is 22.9 Å². The predicted octanol–water partition coefficient (Wildman–Crippen LogP) is -1.96. The average molecular weight is 346 g/mol. The number of unbranched alkanes of at least 4 members (excludes halogenated alkanes) is 2. The van der Waals surface area contributed by atoms with Crippen LogP contribution in [-0.2, 0) is 28.7 Å². The largest absolute Gasteiger partial charge is 0.425 e. The quantitative estimate of drug-likeness (QED) is 0.149. The Morgan fingerprint density at radius 3 is 1.29 bits per heavy atom. The number of carbonyl (C=O) groups excluding carboxylic acids is 4. The number of carbonyl (C=O) groups is 4. The van der Waals surface area contributed by atoms with E-state index in [1.54, 1.807) is 0 Å². The molecule has 0 heterocycles. The molecule has 0 aliphatic heterocycles. The van der Waals surface area contributed by atoms with Crippen LogP contribution in [-0.4, -0.2) is 49.1 Å². The second-order valence-corrected chi connectivity index (χ2v) is 5.20. The second kappa shape index (κ2) is 12.5. The summed E-state index contributed by atoms with van der Waals surface area (Å²) in [5.41, 5.74) is 21.6. The molecule has 24 heavy (non-hydrogen) atoms. The van der Waals surface area contributed by atoms with Crippen LogP contribution in [0.4, 0.5) is 0 Å². The predicted molar refractivity (Wildman–Crippen MR) is 84.0 cm³/mol. The van der Waals surface area contributed by atoms with E-state index in [1.165, 1.54) is 0 Å². The highest BCUT2D eigenvalue weighted by atomic mass is 16.6. The zero-order valence-electron chi connectivity index (χ0n) is 13.6. The van der Waals surface area contributed by atoms with Gasteiger partial charge >= 0.3 is 23.9 Å². The van der Waals surface area contributed by atoms with Crippen molar-refractivity contribution >= 4 is 23.9 Å². The standard InChI is InChI=1S/C14H26N4O6/c15-7-3-1-5-9(17)11(19)23-13(21)14(22)24-12(20)10(18)6-2-4-8-16/h9-10H,1-8,15-18H2/t9-,10-/m0/s1. The van der Waals surface area contributed by atoms with Crippen LogP contribution < -0.4 is 22.9 Å². The van der Waals surface area contributed by atoms with Crippen LogP contribution in [0, 0.1) is 0 Å². The third-order valence-electron chi connectivity index (χ3n) is 3.10. The van der Waals surface area contributed by atoms with E-state index in [4.69, 9.17) is 22.9 Å². The molecule has 0 unspecified atom stereocenters. The van der Waals surface area contributed by atoms with Crippen molar-refractivity contribution in [1.29, 1.82) is 0 Å². The molecule has 0 bridgehead atoms. The van der Waals surface area contributed by atoms with Crippen LogP contribution >= 0.6 is 0 Å². The highest BCUT2D eigenvalue weighted by molar-refractivity contribution is 6.33. The zero-order valence-corrected chi connectivity index (χ0v) is 13.6. The Hall–Kier alpha value is -1.88. The SMILES string of the molecule is NCCCC[C@H](N)C(=O)OC(=O)C(=O)OC(=O)[C@@H](N)CCCCN. The van der Waals surface area contributed by atoms with E-state index in [-0.39, 0.29) is 12.8 Å². The zero-order chi connectivity index (χ0) is 18.5. The van der Waals surface area contributed by atoms with Crippen molar-refractivity contribution in [3.63, 3.8) is 0 Å². The molecule has 8 N–H and O–H groups in total. The lowest BCUT2D eigenvalue weighted by Crippen LogP contribution is -2.39. The summed E-state index contributed by atoms with van der Waals surface area (Å²) in [4.78, 5) is 45.8. The monoisotopic (exact) mass is 346 g/mol. The molecule has 0 radical (unpaired) electrons. The van der Waals surface area contributed by atoms with Crippen LogP contribution in [0.1, 0.15) is 38.5 Å². The van der Waals surface area contributed by atoms with Crippen LogP contribution in [0.2, 0.25) is 0 Å². The fraction of sp³-hybridized carbons (Fsp3) is 0.714. The van der Waals surface area contributed by atoms with Crippen LogP contribution in [0.25, 0.3) is 0 Å². The van der Waals surface area contributed by atoms with E-state index in [0.717, 1.165) is 0 Å². The number of hydrogen-bond donors (Lipinski definition) is 4. The molecule has 0 fully saturated rings. The number of nitrogens with two attached hydrogens (primary N) is 4. The Morgan fingerprint density at radius 1 is 0.667 bits per heavy atom. The first kappa shape index (κ1) is 22.1. The Balaban J connectivity index is 4.24. The smallest absolute Gasteiger partial charge is 0.383 e. The summed E-state index contributed by atoms with van der Waals surface area (Å²) in [6.07, 6.45) is 2.97. The molecule has 0 aliphatic carbocycles. The van der Waals surface area contributed by atoms with Gasteiger partial charge in [0.15, 0.2) is 0 Å². The van der Waals surface area contributed by atoms with E-state index in [0.29, 0.717) is 38.8 Å². The number of ether oxygens (including phenoxy) is 2. The van der Waals surface area contributed by atoms with E-state index in [1.807, 2.05) is 0 Å². The normalized spacial score (nSPS) is 13.0. The molecule has 0 rings (SSSR count).